The highest BCUT2D eigenvalue weighted by Crippen LogP contribution is 2.15. The molecule has 2 aliphatic rings. The van der Waals surface area contributed by atoms with E-state index in [-0.39, 0.29) is 5.91 Å². The van der Waals surface area contributed by atoms with Crippen LogP contribution in [-0.2, 0) is 4.79 Å². The lowest BCUT2D eigenvalue weighted by Gasteiger charge is -2.32. The third kappa shape index (κ3) is 5.11. The minimum atomic E-state index is 0.266. The molecule has 1 amide bonds. The second kappa shape index (κ2) is 7.85. The molecule has 19 heavy (non-hydrogen) atoms. The van der Waals surface area contributed by atoms with Crippen LogP contribution < -0.4 is 10.6 Å². The minimum absolute atomic E-state index is 0.266. The molecule has 0 spiro atoms. The largest absolute Gasteiger partial charge is 0.353 e. The standard InChI is InChI=1S/C15H29N3O/c1-2-8-18-9-5-14(6-10-18)17-15(19)11-13-4-3-7-16-12-13/h13-14,16H,2-12H2,1H3,(H,17,19). The highest BCUT2D eigenvalue weighted by molar-refractivity contribution is 5.76. The summed E-state index contributed by atoms with van der Waals surface area (Å²) in [5, 5.41) is 6.61. The van der Waals surface area contributed by atoms with Crippen LogP contribution in [-0.4, -0.2) is 49.6 Å². The Morgan fingerprint density at radius 3 is 2.74 bits per heavy atom. The summed E-state index contributed by atoms with van der Waals surface area (Å²) in [5.74, 6) is 0.816. The summed E-state index contributed by atoms with van der Waals surface area (Å²) in [6, 6.07) is 0.414. The maximum atomic E-state index is 12.0. The third-order valence-corrected chi connectivity index (χ3v) is 4.37. The smallest absolute Gasteiger partial charge is 0.220 e. The van der Waals surface area contributed by atoms with Crippen molar-refractivity contribution in [3.8, 4) is 0 Å². The summed E-state index contributed by atoms with van der Waals surface area (Å²) >= 11 is 0. The molecule has 2 N–H and O–H groups in total. The number of likely N-dealkylation sites (tertiary alicyclic amines) is 1. The van der Waals surface area contributed by atoms with Crippen LogP contribution in [0.5, 0.6) is 0 Å². The lowest BCUT2D eigenvalue weighted by Crippen LogP contribution is -2.45. The van der Waals surface area contributed by atoms with Gasteiger partial charge >= 0.3 is 0 Å². The van der Waals surface area contributed by atoms with E-state index in [4.69, 9.17) is 0 Å². The molecule has 2 aliphatic heterocycles. The van der Waals surface area contributed by atoms with Crippen molar-refractivity contribution in [2.75, 3.05) is 32.7 Å². The average molecular weight is 267 g/mol. The average Bonchev–Trinajstić information content (AvgIpc) is 2.42. The molecule has 1 atom stereocenters. The second-order valence-electron chi connectivity index (χ2n) is 6.10. The van der Waals surface area contributed by atoms with Gasteiger partial charge < -0.3 is 15.5 Å². The lowest BCUT2D eigenvalue weighted by molar-refractivity contribution is -0.123. The molecular formula is C15H29N3O. The Kier molecular flexibility index (Phi) is 6.11. The number of carbonyl (C=O) groups excluding carboxylic acids is 1. The Morgan fingerprint density at radius 1 is 1.32 bits per heavy atom. The maximum Gasteiger partial charge on any atom is 0.220 e. The zero-order valence-corrected chi connectivity index (χ0v) is 12.3. The molecule has 4 heteroatoms. The van der Waals surface area contributed by atoms with Gasteiger partial charge in [-0.2, -0.15) is 0 Å². The van der Waals surface area contributed by atoms with Crippen molar-refractivity contribution in [3.63, 3.8) is 0 Å². The molecule has 2 rings (SSSR count). The van der Waals surface area contributed by atoms with Gasteiger partial charge in [-0.15, -0.1) is 0 Å². The number of nitrogens with zero attached hydrogens (tertiary/aromatic N) is 1. The van der Waals surface area contributed by atoms with Crippen LogP contribution in [0.1, 0.15) is 45.4 Å². The van der Waals surface area contributed by atoms with Gasteiger partial charge in [-0.25, -0.2) is 0 Å². The molecule has 0 aromatic carbocycles. The van der Waals surface area contributed by atoms with Gasteiger partial charge in [0.05, 0.1) is 0 Å². The van der Waals surface area contributed by atoms with Gasteiger partial charge in [0.2, 0.25) is 5.91 Å². The lowest BCUT2D eigenvalue weighted by atomic mass is 9.95. The Labute approximate surface area is 117 Å². The van der Waals surface area contributed by atoms with E-state index in [0.717, 1.165) is 39.0 Å². The summed E-state index contributed by atoms with van der Waals surface area (Å²) in [6.45, 7) is 7.85. The zero-order valence-electron chi connectivity index (χ0n) is 12.3. The number of rotatable bonds is 5. The Morgan fingerprint density at radius 2 is 2.11 bits per heavy atom. The number of carbonyl (C=O) groups is 1. The quantitative estimate of drug-likeness (QED) is 0.791. The van der Waals surface area contributed by atoms with Crippen molar-refractivity contribution in [1.82, 2.24) is 15.5 Å². The van der Waals surface area contributed by atoms with Gasteiger partial charge in [-0.3, -0.25) is 4.79 Å². The van der Waals surface area contributed by atoms with E-state index in [1.165, 1.54) is 25.8 Å². The van der Waals surface area contributed by atoms with Crippen LogP contribution in [0.4, 0.5) is 0 Å². The topological polar surface area (TPSA) is 44.4 Å². The number of piperidine rings is 2. The molecular weight excluding hydrogens is 238 g/mol. The van der Waals surface area contributed by atoms with E-state index < -0.39 is 0 Å². The molecule has 0 aromatic rings. The van der Waals surface area contributed by atoms with Gasteiger partial charge in [0.25, 0.3) is 0 Å². The molecule has 0 saturated carbocycles. The van der Waals surface area contributed by atoms with Crippen LogP contribution in [0, 0.1) is 5.92 Å². The molecule has 0 aliphatic carbocycles. The summed E-state index contributed by atoms with van der Waals surface area (Å²) in [6.07, 6.45) is 6.60. The highest BCUT2D eigenvalue weighted by Gasteiger charge is 2.22. The van der Waals surface area contributed by atoms with E-state index in [9.17, 15) is 4.79 Å². The van der Waals surface area contributed by atoms with Gasteiger partial charge in [0.1, 0.15) is 0 Å². The number of hydrogen-bond donors (Lipinski definition) is 2. The van der Waals surface area contributed by atoms with Gasteiger partial charge in [-0.05, 0) is 57.7 Å². The fourth-order valence-electron chi connectivity index (χ4n) is 3.26. The molecule has 0 aromatic heterocycles. The fourth-order valence-corrected chi connectivity index (χ4v) is 3.26. The van der Waals surface area contributed by atoms with Crippen LogP contribution in [0.2, 0.25) is 0 Å². The summed E-state index contributed by atoms with van der Waals surface area (Å²) in [7, 11) is 0. The summed E-state index contributed by atoms with van der Waals surface area (Å²) < 4.78 is 0. The highest BCUT2D eigenvalue weighted by atomic mass is 16.1. The first-order valence-electron chi connectivity index (χ1n) is 8.00. The monoisotopic (exact) mass is 267 g/mol. The van der Waals surface area contributed by atoms with Gasteiger partial charge in [0, 0.05) is 25.6 Å². The van der Waals surface area contributed by atoms with E-state index in [0.29, 0.717) is 18.4 Å². The van der Waals surface area contributed by atoms with E-state index in [2.05, 4.69) is 22.5 Å². The molecule has 0 bridgehead atoms. The van der Waals surface area contributed by atoms with Crippen molar-refractivity contribution in [2.24, 2.45) is 5.92 Å². The zero-order chi connectivity index (χ0) is 13.5. The molecule has 110 valence electrons. The Balaban J connectivity index is 1.63. The van der Waals surface area contributed by atoms with Crippen LogP contribution in [0.15, 0.2) is 0 Å². The Bertz CT molecular complexity index is 269. The third-order valence-electron chi connectivity index (χ3n) is 4.37. The summed E-state index contributed by atoms with van der Waals surface area (Å²) in [4.78, 5) is 14.5. The molecule has 2 saturated heterocycles. The number of amides is 1. The first-order chi connectivity index (χ1) is 9.28. The molecule has 2 heterocycles. The molecule has 2 fully saturated rings. The Hall–Kier alpha value is -0.610. The van der Waals surface area contributed by atoms with Crippen LogP contribution in [0.3, 0.4) is 0 Å². The molecule has 0 radical (unpaired) electrons. The normalized spacial score (nSPS) is 26.3. The number of hydrogen-bond acceptors (Lipinski definition) is 3. The van der Waals surface area contributed by atoms with Gasteiger partial charge in [-0.1, -0.05) is 6.92 Å². The van der Waals surface area contributed by atoms with Crippen molar-refractivity contribution < 1.29 is 4.79 Å². The number of nitrogens with one attached hydrogen (secondary N) is 2. The van der Waals surface area contributed by atoms with E-state index in [1.54, 1.807) is 0 Å². The first-order valence-corrected chi connectivity index (χ1v) is 8.00. The molecule has 4 nitrogen and oxygen atoms in total. The fraction of sp³-hybridized carbons (Fsp3) is 0.933. The van der Waals surface area contributed by atoms with Crippen molar-refractivity contribution in [1.29, 1.82) is 0 Å². The van der Waals surface area contributed by atoms with Crippen molar-refractivity contribution in [2.45, 2.75) is 51.5 Å². The first kappa shape index (κ1) is 14.8. The maximum absolute atomic E-state index is 12.0. The van der Waals surface area contributed by atoms with Crippen LogP contribution >= 0.6 is 0 Å². The minimum Gasteiger partial charge on any atom is -0.353 e. The van der Waals surface area contributed by atoms with E-state index in [1.807, 2.05) is 0 Å². The van der Waals surface area contributed by atoms with Gasteiger partial charge in [0.15, 0.2) is 0 Å². The molecule has 1 unspecified atom stereocenters. The van der Waals surface area contributed by atoms with Crippen molar-refractivity contribution in [3.05, 3.63) is 0 Å². The SMILES string of the molecule is CCCN1CCC(NC(=O)CC2CCCNC2)CC1. The van der Waals surface area contributed by atoms with Crippen molar-refractivity contribution >= 4 is 5.91 Å². The predicted octanol–water partition coefficient (Wildman–Crippen LogP) is 1.37. The second-order valence-corrected chi connectivity index (χ2v) is 6.10. The van der Waals surface area contributed by atoms with E-state index >= 15 is 0 Å². The predicted molar refractivity (Wildman–Crippen MR) is 78.1 cm³/mol. The van der Waals surface area contributed by atoms with Crippen LogP contribution in [0.25, 0.3) is 0 Å². The summed E-state index contributed by atoms with van der Waals surface area (Å²) in [5.41, 5.74) is 0.